The number of hydrogen-bond donors (Lipinski definition) is 4. The second-order valence-corrected chi connectivity index (χ2v) is 7.33. The summed E-state index contributed by atoms with van der Waals surface area (Å²) in [7, 11) is 0. The van der Waals surface area contributed by atoms with Crippen molar-refractivity contribution in [3.63, 3.8) is 0 Å². The Morgan fingerprint density at radius 2 is 1.54 bits per heavy atom. The summed E-state index contributed by atoms with van der Waals surface area (Å²) in [5.74, 6) is -1.57. The van der Waals surface area contributed by atoms with Crippen LogP contribution in [0.5, 0.6) is 0 Å². The SMILES string of the molecule is [2H]C(CCCCC)CC1(OCCCCCCC)O[C@H](CO)[C@@H](O)[C@H](O)[C@H]1O. The number of unbranched alkanes of at least 4 members (excludes halogenated alkanes) is 6. The molecular formula is C20H40O6. The molecule has 0 saturated carbocycles. The lowest BCUT2D eigenvalue weighted by atomic mass is 9.89. The third-order valence-corrected chi connectivity index (χ3v) is 5.07. The lowest BCUT2D eigenvalue weighted by molar-refractivity contribution is -0.366. The average Bonchev–Trinajstić information content (AvgIpc) is 2.66. The molecule has 0 aromatic rings. The Kier molecular flexibility index (Phi) is 11.0. The molecule has 0 aromatic heterocycles. The van der Waals surface area contributed by atoms with Gasteiger partial charge in [0.1, 0.15) is 24.4 Å². The zero-order valence-electron chi connectivity index (χ0n) is 17.5. The van der Waals surface area contributed by atoms with E-state index in [2.05, 4.69) is 13.8 Å². The molecule has 1 saturated heterocycles. The molecule has 0 aliphatic carbocycles. The highest BCUT2D eigenvalue weighted by molar-refractivity contribution is 4.97. The van der Waals surface area contributed by atoms with E-state index in [0.717, 1.165) is 51.4 Å². The second-order valence-electron chi connectivity index (χ2n) is 7.33. The van der Waals surface area contributed by atoms with E-state index >= 15 is 0 Å². The minimum absolute atomic E-state index is 0.0904. The highest BCUT2D eigenvalue weighted by atomic mass is 16.7. The molecule has 4 N–H and O–H groups in total. The molecule has 0 radical (unpaired) electrons. The number of aliphatic hydroxyl groups excluding tert-OH is 4. The van der Waals surface area contributed by atoms with E-state index in [1.54, 1.807) is 0 Å². The standard InChI is InChI=1S/C20H40O6/c1-3-5-7-9-11-13-20(25-14-12-10-8-6-4-2)19(24)18(23)17(22)16(15-21)26-20/h16-19,21-24H,3-15H2,1-2H3/t16-,17-,18+,19-,20?/m1/s1/i11D/t11?,16-,17-,18+,19-,20?. The lowest BCUT2D eigenvalue weighted by Crippen LogP contribution is -2.66. The van der Waals surface area contributed by atoms with Gasteiger partial charge in [-0.3, -0.25) is 0 Å². The van der Waals surface area contributed by atoms with Crippen molar-refractivity contribution in [3.05, 3.63) is 0 Å². The number of ether oxygens (including phenoxy) is 2. The molecule has 6 atom stereocenters. The molecule has 1 heterocycles. The highest BCUT2D eigenvalue weighted by Crippen LogP contribution is 2.36. The van der Waals surface area contributed by atoms with Gasteiger partial charge in [-0.25, -0.2) is 0 Å². The molecule has 0 amide bonds. The minimum Gasteiger partial charge on any atom is -0.394 e. The second kappa shape index (κ2) is 13.0. The minimum atomic E-state index is -1.57. The van der Waals surface area contributed by atoms with Crippen molar-refractivity contribution >= 4 is 0 Å². The fourth-order valence-corrected chi connectivity index (χ4v) is 3.35. The maximum atomic E-state index is 10.6. The number of aliphatic hydroxyl groups is 4. The van der Waals surface area contributed by atoms with Crippen molar-refractivity contribution in [2.75, 3.05) is 13.2 Å². The molecule has 1 fully saturated rings. The summed E-state index contributed by atoms with van der Waals surface area (Å²) in [5.41, 5.74) is 0. The van der Waals surface area contributed by atoms with Gasteiger partial charge >= 0.3 is 0 Å². The van der Waals surface area contributed by atoms with E-state index in [-0.39, 0.29) is 6.42 Å². The van der Waals surface area contributed by atoms with Crippen LogP contribution in [0.25, 0.3) is 0 Å². The highest BCUT2D eigenvalue weighted by Gasteiger charge is 2.53. The smallest absolute Gasteiger partial charge is 0.197 e. The van der Waals surface area contributed by atoms with Crippen LogP contribution in [0.3, 0.4) is 0 Å². The molecular weight excluding hydrogens is 336 g/mol. The third-order valence-electron chi connectivity index (χ3n) is 5.07. The summed E-state index contributed by atoms with van der Waals surface area (Å²) in [6.45, 7) is 4.08. The first-order valence-electron chi connectivity index (χ1n) is 10.9. The first kappa shape index (κ1) is 22.1. The Morgan fingerprint density at radius 3 is 2.15 bits per heavy atom. The van der Waals surface area contributed by atoms with Crippen LogP contribution in [0.15, 0.2) is 0 Å². The molecule has 1 rings (SSSR count). The van der Waals surface area contributed by atoms with Crippen molar-refractivity contribution in [2.24, 2.45) is 0 Å². The van der Waals surface area contributed by atoms with Crippen LogP contribution in [0, 0.1) is 0 Å². The van der Waals surface area contributed by atoms with Crippen molar-refractivity contribution < 1.29 is 31.3 Å². The van der Waals surface area contributed by atoms with Crippen molar-refractivity contribution in [3.8, 4) is 0 Å². The van der Waals surface area contributed by atoms with E-state index in [1.807, 2.05) is 0 Å². The van der Waals surface area contributed by atoms with Crippen molar-refractivity contribution in [1.82, 2.24) is 0 Å². The first-order valence-corrected chi connectivity index (χ1v) is 10.3. The number of rotatable bonds is 14. The molecule has 1 aliphatic heterocycles. The molecule has 1 aliphatic rings. The van der Waals surface area contributed by atoms with E-state index in [4.69, 9.17) is 10.8 Å². The quantitative estimate of drug-likeness (QED) is 0.347. The lowest BCUT2D eigenvalue weighted by Gasteiger charge is -2.48. The van der Waals surface area contributed by atoms with Gasteiger partial charge in [0.25, 0.3) is 0 Å². The van der Waals surface area contributed by atoms with Crippen molar-refractivity contribution in [1.29, 1.82) is 0 Å². The Labute approximate surface area is 159 Å². The molecule has 6 nitrogen and oxygen atoms in total. The normalized spacial score (nSPS) is 33.8. The summed E-state index contributed by atoms with van der Waals surface area (Å²) in [4.78, 5) is 0. The van der Waals surface area contributed by atoms with Gasteiger partial charge in [-0.15, -0.1) is 0 Å². The Hall–Kier alpha value is -0.240. The van der Waals surface area contributed by atoms with Crippen LogP contribution < -0.4 is 0 Å². The van der Waals surface area contributed by atoms with E-state index in [0.29, 0.717) is 13.0 Å². The summed E-state index contributed by atoms with van der Waals surface area (Å²) < 4.78 is 20.0. The van der Waals surface area contributed by atoms with Crippen LogP contribution in [0.2, 0.25) is 0 Å². The molecule has 156 valence electrons. The number of hydrogen-bond acceptors (Lipinski definition) is 6. The molecule has 0 bridgehead atoms. The zero-order chi connectivity index (χ0) is 20.3. The van der Waals surface area contributed by atoms with Gasteiger partial charge in [0.2, 0.25) is 0 Å². The van der Waals surface area contributed by atoms with Gasteiger partial charge in [-0.2, -0.15) is 0 Å². The fourth-order valence-electron chi connectivity index (χ4n) is 3.35. The predicted octanol–water partition coefficient (Wildman–Crippen LogP) is 2.50. The summed E-state index contributed by atoms with van der Waals surface area (Å²) in [6, 6.07) is 0. The fraction of sp³-hybridized carbons (Fsp3) is 1.00. The third kappa shape index (κ3) is 7.06. The molecule has 0 aromatic carbocycles. The van der Waals surface area contributed by atoms with E-state index in [9.17, 15) is 20.4 Å². The average molecular weight is 378 g/mol. The molecule has 6 heteroatoms. The van der Waals surface area contributed by atoms with Crippen LogP contribution in [0.1, 0.15) is 85.8 Å². The van der Waals surface area contributed by atoms with E-state index in [1.165, 1.54) is 0 Å². The molecule has 26 heavy (non-hydrogen) atoms. The largest absolute Gasteiger partial charge is 0.394 e. The van der Waals surface area contributed by atoms with Gasteiger partial charge in [-0.1, -0.05) is 65.2 Å². The van der Waals surface area contributed by atoms with Gasteiger partial charge in [0.05, 0.1) is 13.2 Å². The summed E-state index contributed by atoms with van der Waals surface area (Å²) in [5, 5.41) is 40.4. The first-order chi connectivity index (χ1) is 12.9. The predicted molar refractivity (Wildman–Crippen MR) is 101 cm³/mol. The Morgan fingerprint density at radius 1 is 0.923 bits per heavy atom. The van der Waals surface area contributed by atoms with Gasteiger partial charge < -0.3 is 29.9 Å². The summed E-state index contributed by atoms with van der Waals surface area (Å²) >= 11 is 0. The van der Waals surface area contributed by atoms with E-state index < -0.39 is 43.2 Å². The topological polar surface area (TPSA) is 99.4 Å². The maximum Gasteiger partial charge on any atom is 0.197 e. The molecule has 0 spiro atoms. The van der Waals surface area contributed by atoms with Crippen LogP contribution >= 0.6 is 0 Å². The Bertz CT molecular complexity index is 383. The summed E-state index contributed by atoms with van der Waals surface area (Å²) in [6.07, 6.45) is 3.01. The van der Waals surface area contributed by atoms with Crippen LogP contribution in [0.4, 0.5) is 0 Å². The van der Waals surface area contributed by atoms with Gasteiger partial charge in [-0.05, 0) is 12.8 Å². The Balaban J connectivity index is 2.77. The van der Waals surface area contributed by atoms with Crippen molar-refractivity contribution in [2.45, 2.75) is 115 Å². The maximum absolute atomic E-state index is 10.6. The van der Waals surface area contributed by atoms with Gasteiger partial charge in [0, 0.05) is 7.79 Å². The molecule has 2 unspecified atom stereocenters. The zero-order valence-corrected chi connectivity index (χ0v) is 16.5. The van der Waals surface area contributed by atoms with Crippen LogP contribution in [-0.2, 0) is 9.47 Å². The monoisotopic (exact) mass is 377 g/mol. The van der Waals surface area contributed by atoms with Gasteiger partial charge in [0.15, 0.2) is 5.79 Å². The van der Waals surface area contributed by atoms with Crippen LogP contribution in [-0.4, -0.2) is 63.8 Å².